The first kappa shape index (κ1) is 23.7. The molecule has 0 unspecified atom stereocenters. The van der Waals surface area contributed by atoms with Crippen molar-refractivity contribution in [2.45, 2.75) is 13.5 Å². The summed E-state index contributed by atoms with van der Waals surface area (Å²) in [4.78, 5) is 20.4. The molecule has 1 aliphatic heterocycles. The summed E-state index contributed by atoms with van der Waals surface area (Å²) in [7, 11) is 0.174. The second kappa shape index (κ2) is 10.8. The number of sulfonamides is 1. The third-order valence-electron chi connectivity index (χ3n) is 4.15. The fourth-order valence-corrected chi connectivity index (χ4v) is 3.75. The Morgan fingerprint density at radius 3 is 2.04 bits per heavy atom. The van der Waals surface area contributed by atoms with Gasteiger partial charge >= 0.3 is 11.9 Å². The maximum atomic E-state index is 11.9. The van der Waals surface area contributed by atoms with Crippen LogP contribution >= 0.6 is 0 Å². The number of hydrogen-bond acceptors (Lipinski definition) is 7. The number of para-hydroxylation sites is 1. The van der Waals surface area contributed by atoms with Gasteiger partial charge in [0, 0.05) is 38.3 Å². The van der Waals surface area contributed by atoms with E-state index in [1.54, 1.807) is 25.4 Å². The van der Waals surface area contributed by atoms with E-state index in [-0.39, 0.29) is 5.75 Å². The summed E-state index contributed by atoms with van der Waals surface area (Å²) in [6.07, 6.45) is 0. The molecular formula is C17H26N2O8S. The Balaban J connectivity index is 0.000000568. The summed E-state index contributed by atoms with van der Waals surface area (Å²) < 4.78 is 36.1. The Bertz CT molecular complexity index is 761. The van der Waals surface area contributed by atoms with Gasteiger partial charge in [0.05, 0.1) is 20.0 Å². The van der Waals surface area contributed by atoms with Gasteiger partial charge in [0.25, 0.3) is 0 Å². The van der Waals surface area contributed by atoms with E-state index in [9.17, 15) is 8.42 Å². The lowest BCUT2D eigenvalue weighted by Crippen LogP contribution is -2.48. The first-order valence-electron chi connectivity index (χ1n) is 8.52. The molecule has 0 bridgehead atoms. The van der Waals surface area contributed by atoms with Gasteiger partial charge in [-0.2, -0.15) is 4.31 Å². The maximum absolute atomic E-state index is 11.9. The van der Waals surface area contributed by atoms with Gasteiger partial charge in [-0.25, -0.2) is 18.0 Å². The summed E-state index contributed by atoms with van der Waals surface area (Å²) in [6.45, 7) is 4.94. The second-order valence-electron chi connectivity index (χ2n) is 5.84. The molecule has 0 spiro atoms. The van der Waals surface area contributed by atoms with E-state index in [4.69, 9.17) is 29.3 Å². The third kappa shape index (κ3) is 6.66. The quantitative estimate of drug-likeness (QED) is 0.627. The molecule has 11 heteroatoms. The van der Waals surface area contributed by atoms with Crippen LogP contribution in [-0.4, -0.2) is 85.9 Å². The molecule has 0 atom stereocenters. The fraction of sp³-hybridized carbons (Fsp3) is 0.529. The summed E-state index contributed by atoms with van der Waals surface area (Å²) in [5.74, 6) is -2.03. The number of hydrogen-bond donors (Lipinski definition) is 2. The van der Waals surface area contributed by atoms with E-state index in [0.717, 1.165) is 30.9 Å². The van der Waals surface area contributed by atoms with E-state index in [1.807, 2.05) is 18.2 Å². The van der Waals surface area contributed by atoms with Crippen LogP contribution in [0.5, 0.6) is 11.5 Å². The number of benzene rings is 1. The van der Waals surface area contributed by atoms with Crippen LogP contribution in [0.4, 0.5) is 0 Å². The SMILES string of the molecule is CCS(=O)(=O)N1CCN(Cc2cccc(OC)c2OC)CC1.O=C(O)C(=O)O. The van der Waals surface area contributed by atoms with E-state index in [2.05, 4.69) is 4.90 Å². The number of carbonyl (C=O) groups is 2. The maximum Gasteiger partial charge on any atom is 0.414 e. The number of piperazine rings is 1. The van der Waals surface area contributed by atoms with Crippen LogP contribution in [0.3, 0.4) is 0 Å². The van der Waals surface area contributed by atoms with Crippen LogP contribution in [-0.2, 0) is 26.2 Å². The molecule has 0 saturated carbocycles. The monoisotopic (exact) mass is 418 g/mol. The average Bonchev–Trinajstić information content (AvgIpc) is 2.68. The molecule has 1 saturated heterocycles. The molecule has 2 N–H and O–H groups in total. The summed E-state index contributed by atoms with van der Waals surface area (Å²) in [6, 6.07) is 5.82. The standard InChI is InChI=1S/C15H24N2O4S.C2H2O4/c1-4-22(18,19)17-10-8-16(9-11-17)12-13-6-5-7-14(20-2)15(13)21-3;3-1(4)2(5)6/h5-7H,4,8-12H2,1-3H3;(H,3,4)(H,5,6). The summed E-state index contributed by atoms with van der Waals surface area (Å²) in [5.41, 5.74) is 1.05. The largest absolute Gasteiger partial charge is 0.493 e. The normalized spacial score (nSPS) is 15.2. The lowest BCUT2D eigenvalue weighted by molar-refractivity contribution is -0.159. The van der Waals surface area contributed by atoms with E-state index in [0.29, 0.717) is 18.8 Å². The Morgan fingerprint density at radius 2 is 1.61 bits per heavy atom. The van der Waals surface area contributed by atoms with Gasteiger partial charge in [0.1, 0.15) is 0 Å². The number of aliphatic carboxylic acids is 2. The molecule has 0 amide bonds. The third-order valence-corrected chi connectivity index (χ3v) is 6.03. The van der Waals surface area contributed by atoms with Crippen LogP contribution in [0.25, 0.3) is 0 Å². The van der Waals surface area contributed by atoms with Crippen molar-refractivity contribution in [1.29, 1.82) is 0 Å². The Labute approximate surface area is 164 Å². The van der Waals surface area contributed by atoms with Gasteiger partial charge in [-0.15, -0.1) is 0 Å². The lowest BCUT2D eigenvalue weighted by atomic mass is 10.1. The number of methoxy groups -OCH3 is 2. The van der Waals surface area contributed by atoms with Crippen LogP contribution < -0.4 is 9.47 Å². The fourth-order valence-electron chi connectivity index (χ4n) is 2.67. The minimum Gasteiger partial charge on any atom is -0.493 e. The van der Waals surface area contributed by atoms with Crippen LogP contribution in [0.1, 0.15) is 12.5 Å². The van der Waals surface area contributed by atoms with Crippen molar-refractivity contribution < 1.29 is 37.7 Å². The number of ether oxygens (including phenoxy) is 2. The molecule has 1 aromatic carbocycles. The second-order valence-corrected chi connectivity index (χ2v) is 8.10. The van der Waals surface area contributed by atoms with Gasteiger partial charge in [-0.1, -0.05) is 12.1 Å². The van der Waals surface area contributed by atoms with Crippen LogP contribution in [0.15, 0.2) is 18.2 Å². The molecular weight excluding hydrogens is 392 g/mol. The molecule has 158 valence electrons. The Hall–Kier alpha value is -2.37. The molecule has 2 rings (SSSR count). The average molecular weight is 418 g/mol. The van der Waals surface area contributed by atoms with Crippen molar-refractivity contribution in [3.8, 4) is 11.5 Å². The Kier molecular flexibility index (Phi) is 9.16. The number of rotatable bonds is 6. The van der Waals surface area contributed by atoms with Crippen molar-refractivity contribution in [1.82, 2.24) is 9.21 Å². The zero-order valence-electron chi connectivity index (χ0n) is 16.1. The minimum atomic E-state index is -3.08. The minimum absolute atomic E-state index is 0.163. The highest BCUT2D eigenvalue weighted by Crippen LogP contribution is 2.31. The number of carboxylic acid groups (broad SMARTS) is 2. The van der Waals surface area contributed by atoms with Gasteiger partial charge in [-0.05, 0) is 13.0 Å². The van der Waals surface area contributed by atoms with Crippen molar-refractivity contribution in [3.05, 3.63) is 23.8 Å². The van der Waals surface area contributed by atoms with Crippen molar-refractivity contribution in [2.24, 2.45) is 0 Å². The van der Waals surface area contributed by atoms with Crippen LogP contribution in [0.2, 0.25) is 0 Å². The topological polar surface area (TPSA) is 134 Å². The molecule has 1 heterocycles. The van der Waals surface area contributed by atoms with Gasteiger partial charge in [0.15, 0.2) is 11.5 Å². The first-order chi connectivity index (χ1) is 13.2. The highest BCUT2D eigenvalue weighted by Gasteiger charge is 2.26. The van der Waals surface area contributed by atoms with Gasteiger partial charge < -0.3 is 19.7 Å². The zero-order valence-corrected chi connectivity index (χ0v) is 16.9. The molecule has 1 fully saturated rings. The van der Waals surface area contributed by atoms with Crippen molar-refractivity contribution in [2.75, 3.05) is 46.2 Å². The van der Waals surface area contributed by atoms with E-state index in [1.165, 1.54) is 0 Å². The Morgan fingerprint density at radius 1 is 1.04 bits per heavy atom. The highest BCUT2D eigenvalue weighted by atomic mass is 32.2. The summed E-state index contributed by atoms with van der Waals surface area (Å²) in [5, 5.41) is 14.8. The highest BCUT2D eigenvalue weighted by molar-refractivity contribution is 7.89. The molecule has 10 nitrogen and oxygen atoms in total. The number of nitrogens with zero attached hydrogens (tertiary/aromatic N) is 2. The molecule has 28 heavy (non-hydrogen) atoms. The first-order valence-corrected chi connectivity index (χ1v) is 10.1. The molecule has 0 aromatic heterocycles. The predicted molar refractivity (Wildman–Crippen MR) is 101 cm³/mol. The molecule has 1 aromatic rings. The smallest absolute Gasteiger partial charge is 0.414 e. The van der Waals surface area contributed by atoms with Gasteiger partial charge in [-0.3, -0.25) is 4.90 Å². The predicted octanol–water partition coefficient (Wildman–Crippen LogP) is 0.327. The lowest BCUT2D eigenvalue weighted by Gasteiger charge is -2.34. The van der Waals surface area contributed by atoms with E-state index >= 15 is 0 Å². The number of carboxylic acids is 2. The molecule has 0 aliphatic carbocycles. The zero-order chi connectivity index (χ0) is 21.3. The van der Waals surface area contributed by atoms with Gasteiger partial charge in [0.2, 0.25) is 10.0 Å². The van der Waals surface area contributed by atoms with E-state index < -0.39 is 22.0 Å². The van der Waals surface area contributed by atoms with Crippen molar-refractivity contribution >= 4 is 22.0 Å². The molecule has 0 radical (unpaired) electrons. The van der Waals surface area contributed by atoms with Crippen LogP contribution in [0, 0.1) is 0 Å². The molecule has 1 aliphatic rings. The summed E-state index contributed by atoms with van der Waals surface area (Å²) >= 11 is 0. The van der Waals surface area contributed by atoms with Crippen molar-refractivity contribution in [3.63, 3.8) is 0 Å².